The number of rotatable bonds is 2. The van der Waals surface area contributed by atoms with Crippen LogP contribution in [0.4, 0.5) is 5.69 Å². The third-order valence-electron chi connectivity index (χ3n) is 3.91. The summed E-state index contributed by atoms with van der Waals surface area (Å²) in [7, 11) is 1.57. The fourth-order valence-corrected chi connectivity index (χ4v) is 2.76. The lowest BCUT2D eigenvalue weighted by atomic mass is 10.2. The van der Waals surface area contributed by atoms with Crippen LogP contribution in [0.2, 0.25) is 0 Å². The summed E-state index contributed by atoms with van der Waals surface area (Å²) >= 11 is 0. The van der Waals surface area contributed by atoms with Crippen LogP contribution in [0, 0.1) is 0 Å². The van der Waals surface area contributed by atoms with Gasteiger partial charge in [0, 0.05) is 18.9 Å². The van der Waals surface area contributed by atoms with Crippen LogP contribution in [-0.4, -0.2) is 16.7 Å². The van der Waals surface area contributed by atoms with Crippen molar-refractivity contribution >= 4 is 5.69 Å². The number of methoxy groups -OCH3 is 1. The lowest BCUT2D eigenvalue weighted by Gasteiger charge is -2.34. The van der Waals surface area contributed by atoms with Crippen molar-refractivity contribution in [1.29, 1.82) is 0 Å². The highest BCUT2D eigenvalue weighted by Gasteiger charge is 2.38. The molecule has 5 heteroatoms. The van der Waals surface area contributed by atoms with E-state index < -0.39 is 5.85 Å². The SMILES string of the molecule is COC1(N)Nc2ccccc2-n2cc(-c3ccccc3)nc21. The van der Waals surface area contributed by atoms with E-state index in [0.717, 1.165) is 22.6 Å². The minimum Gasteiger partial charge on any atom is -0.340 e. The molecule has 1 aliphatic heterocycles. The van der Waals surface area contributed by atoms with Crippen molar-refractivity contribution in [2.45, 2.75) is 5.85 Å². The van der Waals surface area contributed by atoms with Gasteiger partial charge >= 0.3 is 0 Å². The smallest absolute Gasteiger partial charge is 0.254 e. The highest BCUT2D eigenvalue weighted by molar-refractivity contribution is 5.68. The molecule has 5 nitrogen and oxygen atoms in total. The maximum Gasteiger partial charge on any atom is 0.254 e. The van der Waals surface area contributed by atoms with E-state index in [2.05, 4.69) is 5.32 Å². The van der Waals surface area contributed by atoms with Crippen molar-refractivity contribution in [3.8, 4) is 16.9 Å². The van der Waals surface area contributed by atoms with Gasteiger partial charge in [0.25, 0.3) is 5.85 Å². The first-order chi connectivity index (χ1) is 10.7. The van der Waals surface area contributed by atoms with Crippen LogP contribution < -0.4 is 11.1 Å². The molecule has 110 valence electrons. The van der Waals surface area contributed by atoms with Crippen LogP contribution >= 0.6 is 0 Å². The van der Waals surface area contributed by atoms with Crippen LogP contribution in [0.5, 0.6) is 0 Å². The van der Waals surface area contributed by atoms with Gasteiger partial charge in [0.1, 0.15) is 0 Å². The quantitative estimate of drug-likeness (QED) is 0.713. The Hall–Kier alpha value is -2.63. The number of hydrogen-bond donors (Lipinski definition) is 2. The van der Waals surface area contributed by atoms with Gasteiger partial charge in [0.05, 0.1) is 17.1 Å². The molecule has 0 aliphatic carbocycles. The standard InChI is InChI=1S/C17H16N4O/c1-22-17(18)16-19-14(12-7-3-2-4-8-12)11-21(16)15-10-6-5-9-13(15)20-17/h2-11,20H,18H2,1H3. The van der Waals surface area contributed by atoms with Crippen molar-refractivity contribution in [1.82, 2.24) is 9.55 Å². The predicted molar refractivity (Wildman–Crippen MR) is 85.5 cm³/mol. The molecule has 1 unspecified atom stereocenters. The number of fused-ring (bicyclic) bond motifs is 3. The second-order valence-electron chi connectivity index (χ2n) is 5.27. The highest BCUT2D eigenvalue weighted by Crippen LogP contribution is 2.35. The molecule has 3 N–H and O–H groups in total. The van der Waals surface area contributed by atoms with Crippen LogP contribution in [0.15, 0.2) is 60.8 Å². The predicted octanol–water partition coefficient (Wildman–Crippen LogP) is 2.68. The van der Waals surface area contributed by atoms with Crippen LogP contribution in [-0.2, 0) is 10.6 Å². The summed E-state index contributed by atoms with van der Waals surface area (Å²) < 4.78 is 7.48. The first kappa shape index (κ1) is 13.1. The number of nitrogens with two attached hydrogens (primary N) is 1. The Morgan fingerprint density at radius 2 is 1.82 bits per heavy atom. The van der Waals surface area contributed by atoms with Gasteiger partial charge < -0.3 is 10.1 Å². The number of nitrogens with zero attached hydrogens (tertiary/aromatic N) is 2. The van der Waals surface area contributed by atoms with Gasteiger partial charge in [-0.2, -0.15) is 0 Å². The number of imidazole rings is 1. The number of hydrogen-bond acceptors (Lipinski definition) is 4. The third kappa shape index (κ3) is 1.83. The molecule has 2 aromatic carbocycles. The molecule has 0 amide bonds. The van der Waals surface area contributed by atoms with Gasteiger partial charge in [-0.25, -0.2) is 4.98 Å². The molecule has 0 fully saturated rings. The second-order valence-corrected chi connectivity index (χ2v) is 5.27. The molecule has 0 saturated carbocycles. The Morgan fingerprint density at radius 1 is 1.09 bits per heavy atom. The summed E-state index contributed by atoms with van der Waals surface area (Å²) in [6.07, 6.45) is 1.99. The Labute approximate surface area is 128 Å². The van der Waals surface area contributed by atoms with E-state index in [4.69, 9.17) is 15.5 Å². The van der Waals surface area contributed by atoms with Crippen LogP contribution in [0.1, 0.15) is 5.82 Å². The third-order valence-corrected chi connectivity index (χ3v) is 3.91. The van der Waals surface area contributed by atoms with Gasteiger partial charge in [0.2, 0.25) is 0 Å². The fourth-order valence-electron chi connectivity index (χ4n) is 2.76. The molecule has 1 aromatic heterocycles. The minimum atomic E-state index is -1.15. The van der Waals surface area contributed by atoms with E-state index in [1.807, 2.05) is 65.4 Å². The molecule has 3 aromatic rings. The molecule has 4 rings (SSSR count). The van der Waals surface area contributed by atoms with E-state index in [0.29, 0.717) is 5.82 Å². The number of benzene rings is 2. The minimum absolute atomic E-state index is 0.632. The van der Waals surface area contributed by atoms with Crippen molar-refractivity contribution in [3.63, 3.8) is 0 Å². The number of para-hydroxylation sites is 2. The zero-order valence-corrected chi connectivity index (χ0v) is 12.2. The summed E-state index contributed by atoms with van der Waals surface area (Å²) in [5.74, 6) is -0.519. The Morgan fingerprint density at radius 3 is 2.59 bits per heavy atom. The van der Waals surface area contributed by atoms with Crippen molar-refractivity contribution in [2.24, 2.45) is 5.73 Å². The lowest BCUT2D eigenvalue weighted by molar-refractivity contribution is 0.00569. The average molecular weight is 292 g/mol. The number of anilines is 1. The number of ether oxygens (including phenoxy) is 1. The summed E-state index contributed by atoms with van der Waals surface area (Å²) in [5.41, 5.74) is 10.2. The van der Waals surface area contributed by atoms with E-state index in [1.54, 1.807) is 7.11 Å². The molecule has 1 aliphatic rings. The lowest BCUT2D eigenvalue weighted by Crippen LogP contribution is -2.50. The molecule has 2 heterocycles. The highest BCUT2D eigenvalue weighted by atomic mass is 16.5. The second kappa shape index (κ2) is 4.69. The zero-order chi connectivity index (χ0) is 15.2. The normalized spacial score (nSPS) is 19.2. The van der Waals surface area contributed by atoms with E-state index in [-0.39, 0.29) is 0 Å². The van der Waals surface area contributed by atoms with Crippen LogP contribution in [0.25, 0.3) is 16.9 Å². The maximum atomic E-state index is 6.36. The summed E-state index contributed by atoms with van der Waals surface area (Å²) in [5, 5.41) is 3.22. The van der Waals surface area contributed by atoms with Gasteiger partial charge in [-0.3, -0.25) is 10.3 Å². The van der Waals surface area contributed by atoms with E-state index >= 15 is 0 Å². The molecule has 0 bridgehead atoms. The van der Waals surface area contributed by atoms with Gasteiger partial charge in [-0.15, -0.1) is 0 Å². The van der Waals surface area contributed by atoms with Crippen molar-refractivity contribution in [2.75, 3.05) is 12.4 Å². The molecular formula is C17H16N4O. The molecule has 0 spiro atoms. The fraction of sp³-hybridized carbons (Fsp3) is 0.118. The monoisotopic (exact) mass is 292 g/mol. The first-order valence-corrected chi connectivity index (χ1v) is 7.08. The van der Waals surface area contributed by atoms with Crippen LogP contribution in [0.3, 0.4) is 0 Å². The Bertz CT molecular complexity index is 828. The molecule has 22 heavy (non-hydrogen) atoms. The molecule has 0 radical (unpaired) electrons. The van der Waals surface area contributed by atoms with E-state index in [1.165, 1.54) is 0 Å². The molecular weight excluding hydrogens is 276 g/mol. The molecule has 0 saturated heterocycles. The maximum absolute atomic E-state index is 6.36. The van der Waals surface area contributed by atoms with Gasteiger partial charge in [0.15, 0.2) is 5.82 Å². The summed E-state index contributed by atoms with van der Waals surface area (Å²) in [6.45, 7) is 0. The Balaban J connectivity index is 1.95. The summed E-state index contributed by atoms with van der Waals surface area (Å²) in [4.78, 5) is 4.69. The average Bonchev–Trinajstić information content (AvgIpc) is 3.02. The topological polar surface area (TPSA) is 65.1 Å². The first-order valence-electron chi connectivity index (χ1n) is 7.08. The zero-order valence-electron chi connectivity index (χ0n) is 12.2. The van der Waals surface area contributed by atoms with Crippen molar-refractivity contribution in [3.05, 3.63) is 66.6 Å². The van der Waals surface area contributed by atoms with Gasteiger partial charge in [-0.05, 0) is 12.1 Å². The van der Waals surface area contributed by atoms with Gasteiger partial charge in [-0.1, -0.05) is 42.5 Å². The van der Waals surface area contributed by atoms with E-state index in [9.17, 15) is 0 Å². The number of aromatic nitrogens is 2. The molecule has 1 atom stereocenters. The largest absolute Gasteiger partial charge is 0.340 e. The number of nitrogens with one attached hydrogen (secondary N) is 1. The summed E-state index contributed by atoms with van der Waals surface area (Å²) in [6, 6.07) is 18.0. The van der Waals surface area contributed by atoms with Crippen molar-refractivity contribution < 1.29 is 4.74 Å². The Kier molecular flexibility index (Phi) is 2.79.